The van der Waals surface area contributed by atoms with E-state index in [0.29, 0.717) is 36.8 Å². The summed E-state index contributed by atoms with van der Waals surface area (Å²) in [5, 5.41) is 13.5. The van der Waals surface area contributed by atoms with E-state index in [4.69, 9.17) is 4.74 Å². The summed E-state index contributed by atoms with van der Waals surface area (Å²) >= 11 is 0. The van der Waals surface area contributed by atoms with Crippen LogP contribution in [0.5, 0.6) is 5.75 Å². The number of hydrogen-bond donors (Lipinski definition) is 1. The molecule has 194 valence electrons. The summed E-state index contributed by atoms with van der Waals surface area (Å²) in [6.45, 7) is 3.49. The number of pyridine rings is 1. The molecule has 5 aromatic rings. The molecule has 0 fully saturated rings. The van der Waals surface area contributed by atoms with Gasteiger partial charge in [0.15, 0.2) is 5.82 Å². The number of hydrogen-bond acceptors (Lipinski definition) is 6. The number of rotatable bonds is 10. The molecular formula is C29H29FN6O2. The van der Waals surface area contributed by atoms with Crippen LogP contribution in [0.2, 0.25) is 0 Å². The van der Waals surface area contributed by atoms with Crippen LogP contribution in [0.25, 0.3) is 10.9 Å². The fourth-order valence-electron chi connectivity index (χ4n) is 4.71. The van der Waals surface area contributed by atoms with E-state index in [0.717, 1.165) is 28.5 Å². The van der Waals surface area contributed by atoms with Gasteiger partial charge in [0.25, 0.3) is 5.56 Å². The van der Waals surface area contributed by atoms with Gasteiger partial charge in [0.1, 0.15) is 11.6 Å². The van der Waals surface area contributed by atoms with E-state index in [2.05, 4.69) is 44.5 Å². The summed E-state index contributed by atoms with van der Waals surface area (Å²) in [6, 6.07) is 23.8. The van der Waals surface area contributed by atoms with Gasteiger partial charge in [-0.25, -0.2) is 9.07 Å². The first-order valence-electron chi connectivity index (χ1n) is 12.5. The lowest BCUT2D eigenvalue weighted by Crippen LogP contribution is -2.32. The number of tetrazole rings is 1. The lowest BCUT2D eigenvalue weighted by atomic mass is 10.1. The average molecular weight is 513 g/mol. The van der Waals surface area contributed by atoms with Crippen molar-refractivity contribution < 1.29 is 9.13 Å². The molecule has 0 bridgehead atoms. The number of aromatic nitrogens is 5. The molecule has 3 aromatic carbocycles. The smallest absolute Gasteiger partial charge is 0.252 e. The summed E-state index contributed by atoms with van der Waals surface area (Å²) in [7, 11) is 1.60. The Hall–Kier alpha value is -4.37. The Bertz CT molecular complexity index is 1570. The molecule has 0 saturated carbocycles. The zero-order chi connectivity index (χ0) is 26.5. The van der Waals surface area contributed by atoms with Gasteiger partial charge < -0.3 is 9.72 Å². The molecule has 38 heavy (non-hydrogen) atoms. The predicted octanol–water partition coefficient (Wildman–Crippen LogP) is 4.86. The summed E-state index contributed by atoms with van der Waals surface area (Å²) in [5.74, 6) is 1.09. The number of H-pyrrole nitrogens is 1. The number of halogens is 1. The van der Waals surface area contributed by atoms with Crippen molar-refractivity contribution >= 4 is 10.9 Å². The third kappa shape index (κ3) is 5.63. The van der Waals surface area contributed by atoms with E-state index in [1.807, 2.05) is 42.5 Å². The third-order valence-corrected chi connectivity index (χ3v) is 6.66. The molecule has 9 heteroatoms. The molecule has 0 amide bonds. The minimum absolute atomic E-state index is 0.149. The second kappa shape index (κ2) is 11.4. The van der Waals surface area contributed by atoms with Crippen LogP contribution in [-0.2, 0) is 19.6 Å². The fraction of sp³-hybridized carbons (Fsp3) is 0.241. The van der Waals surface area contributed by atoms with Crippen molar-refractivity contribution in [3.63, 3.8) is 0 Å². The molecular weight excluding hydrogens is 483 g/mol. The van der Waals surface area contributed by atoms with E-state index in [1.165, 1.54) is 12.1 Å². The number of nitrogens with zero attached hydrogens (tertiary/aromatic N) is 5. The van der Waals surface area contributed by atoms with E-state index < -0.39 is 0 Å². The maximum Gasteiger partial charge on any atom is 0.252 e. The highest BCUT2D eigenvalue weighted by molar-refractivity contribution is 5.80. The number of aromatic amines is 1. The lowest BCUT2D eigenvalue weighted by molar-refractivity contribution is 0.161. The van der Waals surface area contributed by atoms with E-state index in [1.54, 1.807) is 23.9 Å². The number of ether oxygens (including phenoxy) is 1. The SMILES string of the molecule is CCC(c1nnnn1Cc1ccc(F)cc1)N(Cc1ccccc1)Cc1cc2ccc(OC)cc2[nH]c1=O. The number of nitrogens with one attached hydrogen (secondary N) is 1. The topological polar surface area (TPSA) is 88.9 Å². The van der Waals surface area contributed by atoms with Crippen LogP contribution in [0.4, 0.5) is 4.39 Å². The van der Waals surface area contributed by atoms with Crippen molar-refractivity contribution in [2.75, 3.05) is 7.11 Å². The van der Waals surface area contributed by atoms with Gasteiger partial charge in [0, 0.05) is 24.7 Å². The maximum atomic E-state index is 13.4. The van der Waals surface area contributed by atoms with Gasteiger partial charge in [0.2, 0.25) is 0 Å². The van der Waals surface area contributed by atoms with Crippen LogP contribution >= 0.6 is 0 Å². The van der Waals surface area contributed by atoms with Crippen LogP contribution in [0, 0.1) is 5.82 Å². The molecule has 1 N–H and O–H groups in total. The Balaban J connectivity index is 1.50. The lowest BCUT2D eigenvalue weighted by Gasteiger charge is -2.30. The Morgan fingerprint density at radius 3 is 2.53 bits per heavy atom. The molecule has 5 rings (SSSR count). The summed E-state index contributed by atoms with van der Waals surface area (Å²) in [4.78, 5) is 18.4. The predicted molar refractivity (Wildman–Crippen MR) is 143 cm³/mol. The van der Waals surface area contributed by atoms with Gasteiger partial charge in [0.05, 0.1) is 25.2 Å². The Kier molecular flexibility index (Phi) is 7.55. The van der Waals surface area contributed by atoms with Crippen molar-refractivity contribution in [1.82, 2.24) is 30.1 Å². The van der Waals surface area contributed by atoms with Crippen LogP contribution in [0.15, 0.2) is 83.7 Å². The van der Waals surface area contributed by atoms with Gasteiger partial charge in [-0.15, -0.1) is 5.10 Å². The van der Waals surface area contributed by atoms with Crippen LogP contribution in [-0.4, -0.2) is 37.2 Å². The molecule has 0 aliphatic heterocycles. The van der Waals surface area contributed by atoms with E-state index in [-0.39, 0.29) is 17.4 Å². The zero-order valence-electron chi connectivity index (χ0n) is 21.3. The molecule has 8 nitrogen and oxygen atoms in total. The Morgan fingerprint density at radius 2 is 1.79 bits per heavy atom. The second-order valence-corrected chi connectivity index (χ2v) is 9.21. The quantitative estimate of drug-likeness (QED) is 0.287. The molecule has 0 saturated heterocycles. The standard InChI is InChI=1S/C29H29FN6O2/c1-3-27(28-32-33-34-36(28)18-21-9-12-24(30)13-10-21)35(17-20-7-5-4-6-8-20)19-23-15-22-11-14-25(38-2)16-26(22)31-29(23)37/h4-16,27H,3,17-19H2,1-2H3,(H,31,37). The van der Waals surface area contributed by atoms with Crippen molar-refractivity contribution in [1.29, 1.82) is 0 Å². The maximum absolute atomic E-state index is 13.4. The number of fused-ring (bicyclic) bond motifs is 1. The van der Waals surface area contributed by atoms with Crippen LogP contribution in [0.3, 0.4) is 0 Å². The monoisotopic (exact) mass is 512 g/mol. The average Bonchev–Trinajstić information content (AvgIpc) is 3.38. The summed E-state index contributed by atoms with van der Waals surface area (Å²) in [6.07, 6.45) is 0.722. The van der Waals surface area contributed by atoms with Crippen LogP contribution in [0.1, 0.15) is 41.9 Å². The minimum Gasteiger partial charge on any atom is -0.497 e. The molecule has 2 heterocycles. The van der Waals surface area contributed by atoms with Crippen molar-refractivity contribution in [2.45, 2.75) is 39.0 Å². The van der Waals surface area contributed by atoms with E-state index >= 15 is 0 Å². The first-order chi connectivity index (χ1) is 18.5. The fourth-order valence-corrected chi connectivity index (χ4v) is 4.71. The number of methoxy groups -OCH3 is 1. The highest BCUT2D eigenvalue weighted by atomic mass is 19.1. The van der Waals surface area contributed by atoms with Crippen molar-refractivity contribution in [3.05, 3.63) is 118 Å². The zero-order valence-corrected chi connectivity index (χ0v) is 21.3. The van der Waals surface area contributed by atoms with Gasteiger partial charge in [-0.05, 0) is 63.7 Å². The third-order valence-electron chi connectivity index (χ3n) is 6.66. The Morgan fingerprint density at radius 1 is 1.00 bits per heavy atom. The van der Waals surface area contributed by atoms with Gasteiger partial charge in [-0.2, -0.15) is 0 Å². The molecule has 1 atom stereocenters. The summed E-state index contributed by atoms with van der Waals surface area (Å²) < 4.78 is 20.5. The van der Waals surface area contributed by atoms with Gasteiger partial charge >= 0.3 is 0 Å². The van der Waals surface area contributed by atoms with Gasteiger partial charge in [-0.1, -0.05) is 49.4 Å². The molecule has 0 radical (unpaired) electrons. The first-order valence-corrected chi connectivity index (χ1v) is 12.5. The molecule has 2 aromatic heterocycles. The Labute approximate surface area is 219 Å². The number of benzene rings is 3. The molecule has 0 aliphatic rings. The second-order valence-electron chi connectivity index (χ2n) is 9.21. The van der Waals surface area contributed by atoms with Crippen molar-refractivity contribution in [3.8, 4) is 5.75 Å². The van der Waals surface area contributed by atoms with Crippen molar-refractivity contribution in [2.24, 2.45) is 0 Å². The molecule has 0 aliphatic carbocycles. The highest BCUT2D eigenvalue weighted by Crippen LogP contribution is 2.27. The molecule has 0 spiro atoms. The van der Waals surface area contributed by atoms with Crippen LogP contribution < -0.4 is 10.3 Å². The summed E-state index contributed by atoms with van der Waals surface area (Å²) in [5.41, 5.74) is 3.23. The van der Waals surface area contributed by atoms with E-state index in [9.17, 15) is 9.18 Å². The van der Waals surface area contributed by atoms with Gasteiger partial charge in [-0.3, -0.25) is 9.69 Å². The molecule has 1 unspecified atom stereocenters. The first kappa shape index (κ1) is 25.3. The minimum atomic E-state index is -0.287. The highest BCUT2D eigenvalue weighted by Gasteiger charge is 2.26. The normalized spacial score (nSPS) is 12.2. The largest absolute Gasteiger partial charge is 0.497 e.